The van der Waals surface area contributed by atoms with E-state index in [4.69, 9.17) is 9.84 Å². The molecule has 0 amide bonds. The maximum Gasteiger partial charge on any atom is 0.335 e. The fourth-order valence-corrected chi connectivity index (χ4v) is 3.71. The fourth-order valence-electron chi connectivity index (χ4n) is 2.12. The highest BCUT2D eigenvalue weighted by molar-refractivity contribution is 7.89. The Labute approximate surface area is 120 Å². The van der Waals surface area contributed by atoms with Crippen LogP contribution < -0.4 is 0 Å². The van der Waals surface area contributed by atoms with E-state index in [-0.39, 0.29) is 19.2 Å². The summed E-state index contributed by atoms with van der Waals surface area (Å²) < 4.78 is 57.8. The highest BCUT2D eigenvalue weighted by Crippen LogP contribution is 2.26. The standard InChI is InChI=1S/C12H13F2NO5S/c1-20-8-2-3-15(6-8)21(18,19)10-5-7(12(16)17)4-9(13)11(10)14/h4-5,8H,2-3,6H2,1H3,(H,16,17). The molecule has 1 unspecified atom stereocenters. The van der Waals surface area contributed by atoms with Crippen molar-refractivity contribution in [1.29, 1.82) is 0 Å². The summed E-state index contributed by atoms with van der Waals surface area (Å²) in [5, 5.41) is 8.82. The number of benzene rings is 1. The zero-order valence-corrected chi connectivity index (χ0v) is 11.9. The summed E-state index contributed by atoms with van der Waals surface area (Å²) >= 11 is 0. The molecule has 0 bridgehead atoms. The molecule has 0 aliphatic carbocycles. The van der Waals surface area contributed by atoms with E-state index in [2.05, 4.69) is 0 Å². The maximum absolute atomic E-state index is 13.8. The van der Waals surface area contributed by atoms with Crippen molar-refractivity contribution in [1.82, 2.24) is 4.31 Å². The fraction of sp³-hybridized carbons (Fsp3) is 0.417. The molecule has 2 rings (SSSR count). The van der Waals surface area contributed by atoms with Gasteiger partial charge in [-0.25, -0.2) is 22.0 Å². The first-order chi connectivity index (χ1) is 9.77. The molecule has 0 aromatic heterocycles. The molecule has 0 spiro atoms. The molecule has 0 saturated carbocycles. The molecule has 1 heterocycles. The van der Waals surface area contributed by atoms with Crippen LogP contribution in [0.3, 0.4) is 0 Å². The van der Waals surface area contributed by atoms with Crippen LogP contribution in [0.5, 0.6) is 0 Å². The number of halogens is 2. The highest BCUT2D eigenvalue weighted by Gasteiger charge is 2.35. The summed E-state index contributed by atoms with van der Waals surface area (Å²) in [5.74, 6) is -4.64. The van der Waals surface area contributed by atoms with Crippen LogP contribution in [-0.4, -0.2) is 50.1 Å². The van der Waals surface area contributed by atoms with Crippen molar-refractivity contribution in [3.8, 4) is 0 Å². The molecule has 1 aliphatic heterocycles. The van der Waals surface area contributed by atoms with Crippen LogP contribution in [0.15, 0.2) is 17.0 Å². The molecule has 9 heteroatoms. The van der Waals surface area contributed by atoms with Gasteiger partial charge in [0, 0.05) is 20.2 Å². The Morgan fingerprint density at radius 3 is 2.62 bits per heavy atom. The third-order valence-corrected chi connectivity index (χ3v) is 5.17. The Kier molecular flexibility index (Phi) is 4.26. The molecule has 116 valence electrons. The van der Waals surface area contributed by atoms with Gasteiger partial charge in [-0.05, 0) is 18.6 Å². The number of methoxy groups -OCH3 is 1. The largest absolute Gasteiger partial charge is 0.478 e. The van der Waals surface area contributed by atoms with E-state index in [1.165, 1.54) is 7.11 Å². The second kappa shape index (κ2) is 5.66. The lowest BCUT2D eigenvalue weighted by atomic mass is 10.2. The van der Waals surface area contributed by atoms with E-state index in [1.54, 1.807) is 0 Å². The average molecular weight is 321 g/mol. The lowest BCUT2D eigenvalue weighted by Gasteiger charge is -2.17. The summed E-state index contributed by atoms with van der Waals surface area (Å²) in [4.78, 5) is 9.87. The first-order valence-electron chi connectivity index (χ1n) is 6.02. The number of carboxylic acids is 1. The Balaban J connectivity index is 2.47. The highest BCUT2D eigenvalue weighted by atomic mass is 32.2. The van der Waals surface area contributed by atoms with Crippen LogP contribution in [-0.2, 0) is 14.8 Å². The van der Waals surface area contributed by atoms with E-state index in [0.717, 1.165) is 4.31 Å². The molecule has 0 radical (unpaired) electrons. The van der Waals surface area contributed by atoms with Crippen LogP contribution in [0.25, 0.3) is 0 Å². The zero-order chi connectivity index (χ0) is 15.8. The molecule has 1 aromatic carbocycles. The third kappa shape index (κ3) is 2.89. The molecule has 1 N–H and O–H groups in total. The van der Waals surface area contributed by atoms with Gasteiger partial charge in [-0.2, -0.15) is 4.31 Å². The molecular weight excluding hydrogens is 308 g/mol. The van der Waals surface area contributed by atoms with Gasteiger partial charge in [-0.1, -0.05) is 0 Å². The van der Waals surface area contributed by atoms with Crippen molar-refractivity contribution >= 4 is 16.0 Å². The predicted octanol–water partition coefficient (Wildman–Crippen LogP) is 1.07. The van der Waals surface area contributed by atoms with Crippen molar-refractivity contribution in [3.05, 3.63) is 29.3 Å². The molecule has 1 atom stereocenters. The van der Waals surface area contributed by atoms with Gasteiger partial charge >= 0.3 is 5.97 Å². The quantitative estimate of drug-likeness (QED) is 0.897. The van der Waals surface area contributed by atoms with Crippen molar-refractivity contribution in [2.75, 3.05) is 20.2 Å². The predicted molar refractivity (Wildman–Crippen MR) is 67.5 cm³/mol. The number of aromatic carboxylic acids is 1. The van der Waals surface area contributed by atoms with E-state index in [0.29, 0.717) is 18.6 Å². The lowest BCUT2D eigenvalue weighted by Crippen LogP contribution is -2.31. The van der Waals surface area contributed by atoms with Gasteiger partial charge in [0.2, 0.25) is 10.0 Å². The summed E-state index contributed by atoms with van der Waals surface area (Å²) in [6, 6.07) is 1.06. The minimum absolute atomic E-state index is 0.0111. The number of rotatable bonds is 4. The van der Waals surface area contributed by atoms with Crippen LogP contribution in [0.4, 0.5) is 8.78 Å². The van der Waals surface area contributed by atoms with Gasteiger partial charge in [-0.15, -0.1) is 0 Å². The zero-order valence-electron chi connectivity index (χ0n) is 11.0. The second-order valence-corrected chi connectivity index (χ2v) is 6.49. The first kappa shape index (κ1) is 15.8. The Morgan fingerprint density at radius 2 is 2.10 bits per heavy atom. The first-order valence-corrected chi connectivity index (χ1v) is 7.46. The number of ether oxygens (including phenoxy) is 1. The van der Waals surface area contributed by atoms with Crippen molar-refractivity contribution < 1.29 is 31.8 Å². The van der Waals surface area contributed by atoms with Gasteiger partial charge in [0.25, 0.3) is 0 Å². The Morgan fingerprint density at radius 1 is 1.43 bits per heavy atom. The van der Waals surface area contributed by atoms with Gasteiger partial charge in [0.05, 0.1) is 11.7 Å². The van der Waals surface area contributed by atoms with Crippen molar-refractivity contribution in [2.24, 2.45) is 0 Å². The molecular formula is C12H13F2NO5S. The number of carbonyl (C=O) groups is 1. The van der Waals surface area contributed by atoms with Crippen LogP contribution >= 0.6 is 0 Å². The minimum Gasteiger partial charge on any atom is -0.478 e. The Bertz CT molecular complexity index is 676. The van der Waals surface area contributed by atoms with Crippen LogP contribution in [0.2, 0.25) is 0 Å². The molecule has 1 aliphatic rings. The van der Waals surface area contributed by atoms with Crippen molar-refractivity contribution in [3.63, 3.8) is 0 Å². The van der Waals surface area contributed by atoms with Gasteiger partial charge < -0.3 is 9.84 Å². The molecule has 21 heavy (non-hydrogen) atoms. The number of hydrogen-bond acceptors (Lipinski definition) is 4. The maximum atomic E-state index is 13.8. The summed E-state index contributed by atoms with van der Waals surface area (Å²) in [6.45, 7) is 0.108. The van der Waals surface area contributed by atoms with Gasteiger partial charge in [0.1, 0.15) is 4.90 Å². The SMILES string of the molecule is COC1CCN(S(=O)(=O)c2cc(C(=O)O)cc(F)c2F)C1. The molecule has 1 aromatic rings. The summed E-state index contributed by atoms with van der Waals surface area (Å²) in [6.07, 6.45) is 0.105. The monoisotopic (exact) mass is 321 g/mol. The normalized spacial score (nSPS) is 19.9. The third-order valence-electron chi connectivity index (χ3n) is 3.30. The molecule has 6 nitrogen and oxygen atoms in total. The van der Waals surface area contributed by atoms with Gasteiger partial charge in [-0.3, -0.25) is 0 Å². The van der Waals surface area contributed by atoms with E-state index >= 15 is 0 Å². The summed E-state index contributed by atoms with van der Waals surface area (Å²) in [7, 11) is -2.89. The summed E-state index contributed by atoms with van der Waals surface area (Å²) in [5.41, 5.74) is -0.630. The van der Waals surface area contributed by atoms with Crippen LogP contribution in [0.1, 0.15) is 16.8 Å². The smallest absolute Gasteiger partial charge is 0.335 e. The van der Waals surface area contributed by atoms with E-state index in [9.17, 15) is 22.0 Å². The van der Waals surface area contributed by atoms with E-state index in [1.807, 2.05) is 0 Å². The van der Waals surface area contributed by atoms with Gasteiger partial charge in [0.15, 0.2) is 11.6 Å². The lowest BCUT2D eigenvalue weighted by molar-refractivity contribution is 0.0696. The molecule has 1 saturated heterocycles. The number of sulfonamides is 1. The van der Waals surface area contributed by atoms with Crippen LogP contribution in [0, 0.1) is 11.6 Å². The molecule has 1 fully saturated rings. The second-order valence-electron chi connectivity index (χ2n) is 4.58. The Hall–Kier alpha value is -1.58. The number of carboxylic acid groups (broad SMARTS) is 1. The van der Waals surface area contributed by atoms with Crippen molar-refractivity contribution in [2.45, 2.75) is 17.4 Å². The topological polar surface area (TPSA) is 83.9 Å². The number of nitrogens with zero attached hydrogens (tertiary/aromatic N) is 1. The van der Waals surface area contributed by atoms with E-state index < -0.39 is 38.1 Å². The average Bonchev–Trinajstić information content (AvgIpc) is 2.90. The minimum atomic E-state index is -4.32. The number of hydrogen-bond donors (Lipinski definition) is 1.